The molecule has 0 amide bonds. The zero-order valence-corrected chi connectivity index (χ0v) is 15.0. The number of phenolic OH excluding ortho intramolecular Hbond substituents is 1. The first-order valence-corrected chi connectivity index (χ1v) is 8.28. The van der Waals surface area contributed by atoms with Crippen LogP contribution in [-0.2, 0) is 0 Å². The Bertz CT molecular complexity index is 1350. The lowest BCUT2D eigenvalue weighted by Crippen LogP contribution is -2.32. The Morgan fingerprint density at radius 3 is 2.64 bits per heavy atom. The van der Waals surface area contributed by atoms with Crippen molar-refractivity contribution in [2.75, 3.05) is 14.2 Å². The summed E-state index contributed by atoms with van der Waals surface area (Å²) in [5, 5.41) is 14.7. The van der Waals surface area contributed by atoms with Gasteiger partial charge in [0.15, 0.2) is 11.5 Å². The highest BCUT2D eigenvalue weighted by atomic mass is 16.5. The minimum atomic E-state index is -0.708. The summed E-state index contributed by atoms with van der Waals surface area (Å²) in [7, 11) is 2.96. The number of aromatic nitrogens is 3. The Labute approximate surface area is 157 Å². The maximum absolute atomic E-state index is 12.8. The van der Waals surface area contributed by atoms with Gasteiger partial charge in [-0.05, 0) is 30.3 Å². The van der Waals surface area contributed by atoms with Gasteiger partial charge in [0.25, 0.3) is 0 Å². The number of methoxy groups -OCH3 is 2. The molecule has 0 atom stereocenters. The zero-order valence-electron chi connectivity index (χ0n) is 15.0. The molecule has 0 saturated heterocycles. The second kappa shape index (κ2) is 6.62. The largest absolute Gasteiger partial charge is 0.504 e. The Morgan fingerprint density at radius 1 is 1.07 bits per heavy atom. The highest BCUT2D eigenvalue weighted by Crippen LogP contribution is 2.28. The maximum atomic E-state index is 12.8. The van der Waals surface area contributed by atoms with E-state index in [0.29, 0.717) is 32.4 Å². The SMILES string of the molecule is COc1ccc2[nH]c3c(=O)n(/N=C/c4cccc(OC)c4O)c(=O)[nH]c3c2c1. The standard InChI is InChI=1S/C19H16N4O5/c1-27-11-6-7-13-12(8-11)15-16(21-13)18(25)23(19(26)22-15)20-9-10-4-3-5-14(28-2)17(10)24/h3-9,21,24H,1-2H3,(H,22,26)/b20-9+. The van der Waals surface area contributed by atoms with E-state index >= 15 is 0 Å². The molecule has 4 rings (SSSR count). The van der Waals surface area contributed by atoms with Crippen LogP contribution in [-0.4, -0.2) is 40.2 Å². The second-order valence-electron chi connectivity index (χ2n) is 5.98. The van der Waals surface area contributed by atoms with Crippen molar-refractivity contribution in [2.45, 2.75) is 0 Å². The van der Waals surface area contributed by atoms with Gasteiger partial charge in [0.05, 0.1) is 26.0 Å². The monoisotopic (exact) mass is 380 g/mol. The van der Waals surface area contributed by atoms with Crippen molar-refractivity contribution in [1.82, 2.24) is 14.6 Å². The number of benzene rings is 2. The first kappa shape index (κ1) is 17.4. The quantitative estimate of drug-likeness (QED) is 0.466. The number of rotatable bonds is 4. The highest BCUT2D eigenvalue weighted by Gasteiger charge is 2.13. The third-order valence-corrected chi connectivity index (χ3v) is 4.40. The molecule has 9 nitrogen and oxygen atoms in total. The average molecular weight is 380 g/mol. The van der Waals surface area contributed by atoms with Gasteiger partial charge < -0.3 is 24.5 Å². The summed E-state index contributed by atoms with van der Waals surface area (Å²) in [5.41, 5.74) is 0.227. The fourth-order valence-corrected chi connectivity index (χ4v) is 2.98. The summed E-state index contributed by atoms with van der Waals surface area (Å²) in [6, 6.07) is 10.0. The van der Waals surface area contributed by atoms with E-state index in [1.165, 1.54) is 20.4 Å². The maximum Gasteiger partial charge on any atom is 0.350 e. The molecule has 0 bridgehead atoms. The number of hydrogen-bond donors (Lipinski definition) is 3. The predicted octanol–water partition coefficient (Wildman–Crippen LogP) is 1.78. The number of fused-ring (bicyclic) bond motifs is 3. The van der Waals surface area contributed by atoms with Crippen LogP contribution in [0.4, 0.5) is 0 Å². The molecule has 2 aromatic carbocycles. The van der Waals surface area contributed by atoms with Crippen molar-refractivity contribution < 1.29 is 14.6 Å². The zero-order chi connectivity index (χ0) is 19.8. The molecule has 4 aromatic rings. The number of aromatic amines is 2. The molecule has 0 aliphatic carbocycles. The lowest BCUT2D eigenvalue weighted by molar-refractivity contribution is 0.373. The summed E-state index contributed by atoms with van der Waals surface area (Å²) in [6.45, 7) is 0. The van der Waals surface area contributed by atoms with E-state index in [1.807, 2.05) is 0 Å². The summed E-state index contributed by atoms with van der Waals surface area (Å²) in [5.74, 6) is 0.715. The van der Waals surface area contributed by atoms with Crippen molar-refractivity contribution in [3.8, 4) is 17.2 Å². The van der Waals surface area contributed by atoms with Gasteiger partial charge >= 0.3 is 11.2 Å². The van der Waals surface area contributed by atoms with Crippen molar-refractivity contribution >= 4 is 28.2 Å². The van der Waals surface area contributed by atoms with Crippen LogP contribution in [0.3, 0.4) is 0 Å². The van der Waals surface area contributed by atoms with Gasteiger partial charge in [-0.15, -0.1) is 4.68 Å². The molecule has 2 heterocycles. The van der Waals surface area contributed by atoms with Gasteiger partial charge in [0.1, 0.15) is 11.3 Å². The van der Waals surface area contributed by atoms with Crippen LogP contribution in [0.2, 0.25) is 0 Å². The predicted molar refractivity (Wildman–Crippen MR) is 105 cm³/mol. The van der Waals surface area contributed by atoms with Gasteiger partial charge in [-0.25, -0.2) is 4.79 Å². The van der Waals surface area contributed by atoms with Gasteiger partial charge in [0, 0.05) is 16.5 Å². The van der Waals surface area contributed by atoms with Crippen LogP contribution in [0.15, 0.2) is 51.1 Å². The number of nitrogens with zero attached hydrogens (tertiary/aromatic N) is 2. The van der Waals surface area contributed by atoms with E-state index in [0.717, 1.165) is 0 Å². The molecule has 2 aromatic heterocycles. The number of hydrogen-bond acceptors (Lipinski definition) is 6. The Balaban J connectivity index is 1.88. The molecule has 0 spiro atoms. The first-order chi connectivity index (χ1) is 13.5. The van der Waals surface area contributed by atoms with E-state index in [9.17, 15) is 14.7 Å². The molecular weight excluding hydrogens is 364 g/mol. The van der Waals surface area contributed by atoms with E-state index in [2.05, 4.69) is 15.1 Å². The van der Waals surface area contributed by atoms with Crippen LogP contribution in [0.25, 0.3) is 21.9 Å². The summed E-state index contributed by atoms with van der Waals surface area (Å²) in [6.07, 6.45) is 1.21. The van der Waals surface area contributed by atoms with Crippen LogP contribution in [0.1, 0.15) is 5.56 Å². The highest BCUT2D eigenvalue weighted by molar-refractivity contribution is 6.04. The minimum Gasteiger partial charge on any atom is -0.504 e. The Hall–Kier alpha value is -4.01. The van der Waals surface area contributed by atoms with E-state index in [-0.39, 0.29) is 17.0 Å². The molecule has 0 saturated carbocycles. The fraction of sp³-hybridized carbons (Fsp3) is 0.105. The number of phenols is 1. The van der Waals surface area contributed by atoms with Gasteiger partial charge in [0.2, 0.25) is 0 Å². The molecule has 3 N–H and O–H groups in total. The number of para-hydroxylation sites is 1. The molecule has 0 aliphatic heterocycles. The molecule has 28 heavy (non-hydrogen) atoms. The number of ether oxygens (including phenoxy) is 2. The van der Waals surface area contributed by atoms with Crippen LogP contribution >= 0.6 is 0 Å². The normalized spacial score (nSPS) is 11.5. The second-order valence-corrected chi connectivity index (χ2v) is 5.98. The summed E-state index contributed by atoms with van der Waals surface area (Å²) < 4.78 is 10.9. The summed E-state index contributed by atoms with van der Waals surface area (Å²) in [4.78, 5) is 30.9. The third kappa shape index (κ3) is 2.69. The van der Waals surface area contributed by atoms with Crippen LogP contribution < -0.4 is 20.7 Å². The molecule has 9 heteroatoms. The van der Waals surface area contributed by atoms with Crippen molar-refractivity contribution in [1.29, 1.82) is 0 Å². The van der Waals surface area contributed by atoms with E-state index in [4.69, 9.17) is 9.47 Å². The van der Waals surface area contributed by atoms with Gasteiger partial charge in [-0.2, -0.15) is 5.10 Å². The van der Waals surface area contributed by atoms with Crippen molar-refractivity contribution in [3.05, 3.63) is 62.8 Å². The first-order valence-electron chi connectivity index (χ1n) is 8.28. The van der Waals surface area contributed by atoms with E-state index < -0.39 is 11.2 Å². The minimum absolute atomic E-state index is 0.142. The average Bonchev–Trinajstić information content (AvgIpc) is 3.06. The Morgan fingerprint density at radius 2 is 1.89 bits per heavy atom. The van der Waals surface area contributed by atoms with Crippen LogP contribution in [0, 0.1) is 0 Å². The topological polar surface area (TPSA) is 122 Å². The Kier molecular flexibility index (Phi) is 4.11. The van der Waals surface area contributed by atoms with E-state index in [1.54, 1.807) is 36.4 Å². The molecule has 0 radical (unpaired) electrons. The summed E-state index contributed by atoms with van der Waals surface area (Å²) >= 11 is 0. The van der Waals surface area contributed by atoms with Crippen molar-refractivity contribution in [3.63, 3.8) is 0 Å². The lowest BCUT2D eigenvalue weighted by Gasteiger charge is -2.05. The van der Waals surface area contributed by atoms with Crippen LogP contribution in [0.5, 0.6) is 17.2 Å². The molecule has 0 aliphatic rings. The van der Waals surface area contributed by atoms with Gasteiger partial charge in [-0.3, -0.25) is 4.79 Å². The fourth-order valence-electron chi connectivity index (χ4n) is 2.98. The lowest BCUT2D eigenvalue weighted by atomic mass is 10.2. The van der Waals surface area contributed by atoms with Crippen molar-refractivity contribution in [2.24, 2.45) is 5.10 Å². The third-order valence-electron chi connectivity index (χ3n) is 4.40. The van der Waals surface area contributed by atoms with Gasteiger partial charge in [-0.1, -0.05) is 6.07 Å². The number of aromatic hydroxyl groups is 1. The number of H-pyrrole nitrogens is 2. The smallest absolute Gasteiger partial charge is 0.350 e. The number of nitrogens with one attached hydrogen (secondary N) is 2. The molecule has 0 fully saturated rings. The molecular formula is C19H16N4O5. The molecule has 0 unspecified atom stereocenters. The molecule has 142 valence electrons.